The third-order valence-corrected chi connectivity index (χ3v) is 4.21. The van der Waals surface area contributed by atoms with Gasteiger partial charge in [0, 0.05) is 9.50 Å². The number of rotatable bonds is 4. The van der Waals surface area contributed by atoms with Gasteiger partial charge in [-0.05, 0) is 46.5 Å². The molecule has 3 N–H and O–H groups in total. The molecule has 90 valence electrons. The van der Waals surface area contributed by atoms with Crippen LogP contribution in [-0.4, -0.2) is 0 Å². The van der Waals surface area contributed by atoms with Crippen molar-refractivity contribution in [2.24, 2.45) is 5.84 Å². The van der Waals surface area contributed by atoms with Crippen LogP contribution in [-0.2, 0) is 6.42 Å². The second-order valence-electron chi connectivity index (χ2n) is 3.72. The molecule has 0 saturated heterocycles. The van der Waals surface area contributed by atoms with Gasteiger partial charge in [-0.2, -0.15) is 11.3 Å². The van der Waals surface area contributed by atoms with E-state index < -0.39 is 0 Å². The number of hydrazine groups is 1. The zero-order valence-corrected chi connectivity index (χ0v) is 12.1. The molecule has 0 spiro atoms. The Morgan fingerprint density at radius 3 is 2.82 bits per heavy atom. The molecule has 2 nitrogen and oxygen atoms in total. The largest absolute Gasteiger partial charge is 0.271 e. The van der Waals surface area contributed by atoms with Gasteiger partial charge in [0.05, 0.1) is 6.04 Å². The van der Waals surface area contributed by atoms with Gasteiger partial charge >= 0.3 is 0 Å². The fourth-order valence-electron chi connectivity index (χ4n) is 1.69. The van der Waals surface area contributed by atoms with Crippen molar-refractivity contribution in [3.8, 4) is 0 Å². The average Bonchev–Trinajstić information content (AvgIpc) is 2.79. The van der Waals surface area contributed by atoms with Crippen LogP contribution < -0.4 is 11.3 Å². The van der Waals surface area contributed by atoms with Crippen molar-refractivity contribution < 1.29 is 0 Å². The SMILES string of the molecule is NNC(Cc1ccsc1)c1ccc(Cl)cc1Br. The summed E-state index contributed by atoms with van der Waals surface area (Å²) in [4.78, 5) is 0. The minimum atomic E-state index is 0.0799. The molecule has 0 aliphatic heterocycles. The number of benzene rings is 1. The van der Waals surface area contributed by atoms with E-state index in [0.29, 0.717) is 5.02 Å². The highest BCUT2D eigenvalue weighted by molar-refractivity contribution is 9.10. The summed E-state index contributed by atoms with van der Waals surface area (Å²) in [5.41, 5.74) is 5.24. The van der Waals surface area contributed by atoms with Crippen molar-refractivity contribution in [1.29, 1.82) is 0 Å². The number of hydrogen-bond donors (Lipinski definition) is 2. The normalized spacial score (nSPS) is 12.6. The van der Waals surface area contributed by atoms with Gasteiger partial charge in [-0.1, -0.05) is 33.6 Å². The second kappa shape index (κ2) is 5.98. The van der Waals surface area contributed by atoms with Gasteiger partial charge in [-0.25, -0.2) is 0 Å². The summed E-state index contributed by atoms with van der Waals surface area (Å²) in [7, 11) is 0. The molecule has 0 aliphatic rings. The molecular weight excluding hydrogens is 320 g/mol. The van der Waals surface area contributed by atoms with Crippen LogP contribution in [0.1, 0.15) is 17.2 Å². The van der Waals surface area contributed by atoms with Crippen molar-refractivity contribution in [1.82, 2.24) is 5.43 Å². The Morgan fingerprint density at radius 2 is 2.24 bits per heavy atom. The van der Waals surface area contributed by atoms with Gasteiger partial charge in [-0.15, -0.1) is 0 Å². The molecule has 0 fully saturated rings. The van der Waals surface area contributed by atoms with Gasteiger partial charge in [0.15, 0.2) is 0 Å². The molecule has 0 radical (unpaired) electrons. The first kappa shape index (κ1) is 13.1. The first-order valence-electron chi connectivity index (χ1n) is 5.13. The van der Waals surface area contributed by atoms with Crippen LogP contribution in [0.3, 0.4) is 0 Å². The predicted molar refractivity (Wildman–Crippen MR) is 77.2 cm³/mol. The van der Waals surface area contributed by atoms with Crippen molar-refractivity contribution in [2.45, 2.75) is 12.5 Å². The van der Waals surface area contributed by atoms with Gasteiger partial charge in [0.25, 0.3) is 0 Å². The molecule has 1 aromatic heterocycles. The van der Waals surface area contributed by atoms with E-state index >= 15 is 0 Å². The molecule has 0 saturated carbocycles. The summed E-state index contributed by atoms with van der Waals surface area (Å²) in [6.45, 7) is 0. The van der Waals surface area contributed by atoms with Crippen LogP contribution in [0.25, 0.3) is 0 Å². The molecule has 2 aromatic rings. The smallest absolute Gasteiger partial charge is 0.0511 e. The average molecular weight is 332 g/mol. The number of halogens is 2. The molecular formula is C12H12BrClN2S. The van der Waals surface area contributed by atoms with E-state index in [9.17, 15) is 0 Å². The Kier molecular flexibility index (Phi) is 4.59. The maximum Gasteiger partial charge on any atom is 0.0511 e. The summed E-state index contributed by atoms with van der Waals surface area (Å²) >= 11 is 11.1. The van der Waals surface area contributed by atoms with Gasteiger partial charge in [-0.3, -0.25) is 11.3 Å². The van der Waals surface area contributed by atoms with Gasteiger partial charge in [0.2, 0.25) is 0 Å². The first-order chi connectivity index (χ1) is 8.20. The third kappa shape index (κ3) is 3.30. The maximum absolute atomic E-state index is 5.93. The lowest BCUT2D eigenvalue weighted by molar-refractivity contribution is 0.550. The fraction of sp³-hybridized carbons (Fsp3) is 0.167. The molecule has 0 amide bonds. The van der Waals surface area contributed by atoms with E-state index in [2.05, 4.69) is 38.2 Å². The van der Waals surface area contributed by atoms with Crippen LogP contribution in [0.15, 0.2) is 39.5 Å². The standard InChI is InChI=1S/C12H12BrClN2S/c13-11-6-9(14)1-2-10(11)12(16-15)5-8-3-4-17-7-8/h1-4,6-7,12,16H,5,15H2. The van der Waals surface area contributed by atoms with Crippen LogP contribution in [0.4, 0.5) is 0 Å². The molecule has 0 aliphatic carbocycles. The van der Waals surface area contributed by atoms with Crippen molar-refractivity contribution in [3.05, 3.63) is 55.6 Å². The Balaban J connectivity index is 2.23. The first-order valence-corrected chi connectivity index (χ1v) is 7.24. The number of nitrogens with two attached hydrogens (primary N) is 1. The predicted octanol–water partition coefficient (Wildman–Crippen LogP) is 3.91. The lowest BCUT2D eigenvalue weighted by Gasteiger charge is -2.17. The Labute approximate surface area is 118 Å². The molecule has 0 bridgehead atoms. The zero-order chi connectivity index (χ0) is 12.3. The minimum Gasteiger partial charge on any atom is -0.271 e. The van der Waals surface area contributed by atoms with E-state index in [4.69, 9.17) is 17.4 Å². The lowest BCUT2D eigenvalue weighted by Crippen LogP contribution is -2.29. The van der Waals surface area contributed by atoms with Crippen LogP contribution in [0.5, 0.6) is 0 Å². The monoisotopic (exact) mass is 330 g/mol. The quantitative estimate of drug-likeness (QED) is 0.658. The van der Waals surface area contributed by atoms with Gasteiger partial charge in [0.1, 0.15) is 0 Å². The van der Waals surface area contributed by atoms with E-state index in [-0.39, 0.29) is 6.04 Å². The van der Waals surface area contributed by atoms with E-state index in [1.165, 1.54) is 5.56 Å². The summed E-state index contributed by atoms with van der Waals surface area (Å²) in [5, 5.41) is 4.92. The van der Waals surface area contributed by atoms with Crippen molar-refractivity contribution >= 4 is 38.9 Å². The molecule has 1 unspecified atom stereocenters. The highest BCUT2D eigenvalue weighted by Gasteiger charge is 2.14. The van der Waals surface area contributed by atoms with E-state index in [1.54, 1.807) is 11.3 Å². The second-order valence-corrected chi connectivity index (χ2v) is 5.79. The zero-order valence-electron chi connectivity index (χ0n) is 8.99. The summed E-state index contributed by atoms with van der Waals surface area (Å²) in [6, 6.07) is 7.94. The van der Waals surface area contributed by atoms with Gasteiger partial charge < -0.3 is 0 Å². The molecule has 2 rings (SSSR count). The number of hydrogen-bond acceptors (Lipinski definition) is 3. The van der Waals surface area contributed by atoms with Crippen molar-refractivity contribution in [3.63, 3.8) is 0 Å². The molecule has 5 heteroatoms. The summed E-state index contributed by atoms with van der Waals surface area (Å²) in [5.74, 6) is 5.63. The molecule has 1 aromatic carbocycles. The third-order valence-electron chi connectivity index (χ3n) is 2.56. The fourth-order valence-corrected chi connectivity index (χ4v) is 3.33. The Morgan fingerprint density at radius 1 is 1.41 bits per heavy atom. The van der Waals surface area contributed by atoms with Crippen LogP contribution >= 0.6 is 38.9 Å². The van der Waals surface area contributed by atoms with Crippen LogP contribution in [0.2, 0.25) is 5.02 Å². The van der Waals surface area contributed by atoms with E-state index in [1.807, 2.05) is 18.2 Å². The molecule has 1 atom stereocenters. The topological polar surface area (TPSA) is 38.0 Å². The van der Waals surface area contributed by atoms with Crippen LogP contribution in [0, 0.1) is 0 Å². The Hall–Kier alpha value is -0.390. The molecule has 1 heterocycles. The minimum absolute atomic E-state index is 0.0799. The van der Waals surface area contributed by atoms with E-state index in [0.717, 1.165) is 16.5 Å². The number of nitrogens with one attached hydrogen (secondary N) is 1. The summed E-state index contributed by atoms with van der Waals surface area (Å²) < 4.78 is 0.975. The highest BCUT2D eigenvalue weighted by Crippen LogP contribution is 2.28. The van der Waals surface area contributed by atoms with Crippen molar-refractivity contribution in [2.75, 3.05) is 0 Å². The maximum atomic E-state index is 5.93. The summed E-state index contributed by atoms with van der Waals surface area (Å²) in [6.07, 6.45) is 0.861. The Bertz CT molecular complexity index is 487. The number of thiophene rings is 1. The highest BCUT2D eigenvalue weighted by atomic mass is 79.9. The molecule has 17 heavy (non-hydrogen) atoms. The lowest BCUT2D eigenvalue weighted by atomic mass is 10.0.